The highest BCUT2D eigenvalue weighted by Gasteiger charge is 2.64. The van der Waals surface area contributed by atoms with Crippen LogP contribution in [0.2, 0.25) is 0 Å². The molecule has 6 aromatic carbocycles. The molecule has 0 radical (unpaired) electrons. The number of hydrogen-bond donors (Lipinski definition) is 0. The molecule has 5 aliphatic rings. The molecule has 4 bridgehead atoms. The van der Waals surface area contributed by atoms with Gasteiger partial charge in [0.2, 0.25) is 0 Å². The Morgan fingerprint density at radius 1 is 0.569 bits per heavy atom. The molecule has 4 fully saturated rings. The van der Waals surface area contributed by atoms with Gasteiger partial charge in [-0.25, -0.2) is 0 Å². The van der Waals surface area contributed by atoms with E-state index >= 15 is 0 Å². The fraction of sp³-hybridized carbons (Fsp3) is 0.320. The van der Waals surface area contributed by atoms with Crippen LogP contribution in [0.5, 0.6) is 0 Å². The number of fused-ring (bicyclic) bond motifs is 14. The molecule has 12 rings (SSSR count). The third kappa shape index (κ3) is 3.78. The maximum Gasteiger partial charge on any atom is 0.0619 e. The molecule has 1 heterocycles. The van der Waals surface area contributed by atoms with E-state index in [1.54, 1.807) is 11.1 Å². The molecule has 250 valence electrons. The minimum atomic E-state index is 0.172. The number of rotatable bonds is 2. The molecule has 51 heavy (non-hydrogen) atoms. The third-order valence-corrected chi connectivity index (χ3v) is 15.3. The van der Waals surface area contributed by atoms with Crippen LogP contribution in [0.25, 0.3) is 60.5 Å². The molecule has 1 nitrogen and oxygen atoms in total. The van der Waals surface area contributed by atoms with Gasteiger partial charge in [0.15, 0.2) is 0 Å². The van der Waals surface area contributed by atoms with Gasteiger partial charge in [0, 0.05) is 27.3 Å². The van der Waals surface area contributed by atoms with Crippen LogP contribution < -0.4 is 0 Å². The van der Waals surface area contributed by atoms with Gasteiger partial charge in [0.1, 0.15) is 0 Å². The van der Waals surface area contributed by atoms with Gasteiger partial charge in [0.05, 0.1) is 11.0 Å². The molecule has 4 saturated carbocycles. The van der Waals surface area contributed by atoms with Gasteiger partial charge in [0.25, 0.3) is 0 Å². The fourth-order valence-corrected chi connectivity index (χ4v) is 13.5. The molecule has 7 aromatic rings. The van der Waals surface area contributed by atoms with Crippen LogP contribution >= 0.6 is 0 Å². The Labute approximate surface area is 301 Å². The Kier molecular flexibility index (Phi) is 5.96. The van der Waals surface area contributed by atoms with E-state index in [1.807, 2.05) is 0 Å². The van der Waals surface area contributed by atoms with E-state index in [-0.39, 0.29) is 5.41 Å². The molecule has 1 heteroatoms. The first-order valence-electron chi connectivity index (χ1n) is 19.9. The van der Waals surface area contributed by atoms with Crippen molar-refractivity contribution in [2.24, 2.45) is 41.4 Å². The second-order valence-electron chi connectivity index (χ2n) is 17.3. The van der Waals surface area contributed by atoms with Crippen LogP contribution in [0.3, 0.4) is 0 Å². The van der Waals surface area contributed by atoms with Gasteiger partial charge < -0.3 is 4.57 Å². The predicted octanol–water partition coefficient (Wildman–Crippen LogP) is 13.0. The number of para-hydroxylation sites is 1. The monoisotopic (exact) mass is 659 g/mol. The Balaban J connectivity index is 1.06. The molecule has 0 N–H and O–H groups in total. The van der Waals surface area contributed by atoms with Gasteiger partial charge in [-0.2, -0.15) is 0 Å². The highest BCUT2D eigenvalue weighted by atomic mass is 15.0. The Morgan fingerprint density at radius 3 is 2.29 bits per heavy atom. The van der Waals surface area contributed by atoms with Crippen molar-refractivity contribution in [2.45, 2.75) is 57.3 Å². The summed E-state index contributed by atoms with van der Waals surface area (Å²) in [7, 11) is 0. The van der Waals surface area contributed by atoms with Crippen LogP contribution in [0.15, 0.2) is 127 Å². The topological polar surface area (TPSA) is 4.93 Å². The van der Waals surface area contributed by atoms with E-state index in [9.17, 15) is 0 Å². The van der Waals surface area contributed by atoms with E-state index in [2.05, 4.69) is 139 Å². The lowest BCUT2D eigenvalue weighted by molar-refractivity contribution is -0.0906. The van der Waals surface area contributed by atoms with Crippen molar-refractivity contribution in [1.82, 2.24) is 4.57 Å². The van der Waals surface area contributed by atoms with E-state index in [4.69, 9.17) is 0 Å². The summed E-state index contributed by atoms with van der Waals surface area (Å²) >= 11 is 0. The Bertz CT molecular complexity index is 2540. The summed E-state index contributed by atoms with van der Waals surface area (Å²) in [5, 5.41) is 5.23. The lowest BCUT2D eigenvalue weighted by Crippen LogP contribution is -2.58. The zero-order valence-electron chi connectivity index (χ0n) is 29.6. The molecule has 5 aliphatic carbocycles. The normalized spacial score (nSPS) is 30.2. The third-order valence-electron chi connectivity index (χ3n) is 15.3. The average Bonchev–Trinajstić information content (AvgIpc) is 3.58. The fourth-order valence-electron chi connectivity index (χ4n) is 13.5. The smallest absolute Gasteiger partial charge is 0.0619 e. The minimum absolute atomic E-state index is 0.172. The summed E-state index contributed by atoms with van der Waals surface area (Å²) < 4.78 is 2.48. The first-order valence-corrected chi connectivity index (χ1v) is 19.9. The van der Waals surface area contributed by atoms with Gasteiger partial charge in [-0.15, -0.1) is 0 Å². The van der Waals surface area contributed by atoms with Crippen LogP contribution in [0.1, 0.15) is 63.0 Å². The van der Waals surface area contributed by atoms with Crippen LogP contribution in [-0.2, 0) is 5.41 Å². The van der Waals surface area contributed by atoms with E-state index in [0.717, 1.165) is 41.4 Å². The standard InChI is InChI=1S/C50H45N/c1-30-24-35-29-41-40(30)25-31-10-9-17-46(42(41)26-31)50(35)45-16-8-7-15-38(45)43-27-33(19-22-47(43)50)34-20-23-48-44(28-34)39-21-18-32-11-5-6-14-37(32)49(39)51(48)36-12-3-2-4-13-36/h2-8,11-16,18-23,27-28,30-31,35,40-42,46H,9-10,17,24-26,29H2,1H3. The molecular weight excluding hydrogens is 615 g/mol. The number of aromatic nitrogens is 1. The molecule has 1 spiro atoms. The van der Waals surface area contributed by atoms with Crippen molar-refractivity contribution in [1.29, 1.82) is 0 Å². The molecule has 1 aromatic heterocycles. The highest BCUT2D eigenvalue weighted by Crippen LogP contribution is 2.71. The van der Waals surface area contributed by atoms with E-state index < -0.39 is 0 Å². The van der Waals surface area contributed by atoms with Gasteiger partial charge in [-0.05, 0) is 143 Å². The van der Waals surface area contributed by atoms with Gasteiger partial charge in [-0.1, -0.05) is 117 Å². The average molecular weight is 660 g/mol. The van der Waals surface area contributed by atoms with Crippen molar-refractivity contribution < 1.29 is 0 Å². The lowest BCUT2D eigenvalue weighted by Gasteiger charge is -2.63. The van der Waals surface area contributed by atoms with E-state index in [1.165, 1.54) is 105 Å². The zero-order chi connectivity index (χ0) is 33.4. The second-order valence-corrected chi connectivity index (χ2v) is 17.3. The zero-order valence-corrected chi connectivity index (χ0v) is 29.6. The van der Waals surface area contributed by atoms with Crippen molar-refractivity contribution in [3.05, 3.63) is 139 Å². The minimum Gasteiger partial charge on any atom is -0.309 e. The molecule has 8 unspecified atom stereocenters. The first-order chi connectivity index (χ1) is 25.2. The quantitative estimate of drug-likeness (QED) is 0.174. The maximum atomic E-state index is 2.63. The SMILES string of the molecule is CC1CC2CC3C1CC1CCCC(C3C1)C21c2ccccc2-c2cc(-c3ccc4c(c3)c3ccc5ccccc5c3n4-c3ccccc3)ccc21. The van der Waals surface area contributed by atoms with Crippen LogP contribution in [0.4, 0.5) is 0 Å². The van der Waals surface area contributed by atoms with Gasteiger partial charge in [-0.3, -0.25) is 0 Å². The molecular formula is C50H45N. The van der Waals surface area contributed by atoms with Gasteiger partial charge >= 0.3 is 0 Å². The largest absolute Gasteiger partial charge is 0.309 e. The molecule has 0 aliphatic heterocycles. The van der Waals surface area contributed by atoms with Crippen LogP contribution in [-0.4, -0.2) is 4.57 Å². The molecule has 0 saturated heterocycles. The number of nitrogens with zero attached hydrogens (tertiary/aromatic N) is 1. The molecule has 0 amide bonds. The lowest BCUT2D eigenvalue weighted by atomic mass is 9.41. The van der Waals surface area contributed by atoms with E-state index in [0.29, 0.717) is 0 Å². The van der Waals surface area contributed by atoms with Crippen molar-refractivity contribution in [3.8, 4) is 27.9 Å². The highest BCUT2D eigenvalue weighted by molar-refractivity contribution is 6.19. The molecule has 8 atom stereocenters. The number of hydrogen-bond acceptors (Lipinski definition) is 0. The summed E-state index contributed by atoms with van der Waals surface area (Å²) in [5.41, 5.74) is 13.0. The maximum absolute atomic E-state index is 2.63. The van der Waals surface area contributed by atoms with Crippen molar-refractivity contribution in [2.75, 3.05) is 0 Å². The van der Waals surface area contributed by atoms with Crippen LogP contribution in [0, 0.1) is 41.4 Å². The summed E-state index contributed by atoms with van der Waals surface area (Å²) in [4.78, 5) is 0. The summed E-state index contributed by atoms with van der Waals surface area (Å²) in [5.74, 6) is 6.19. The Hall–Kier alpha value is -4.62. The second kappa shape index (κ2) is 10.5. The Morgan fingerprint density at radius 2 is 1.35 bits per heavy atom. The summed E-state index contributed by atoms with van der Waals surface area (Å²) in [6.07, 6.45) is 10.2. The summed E-state index contributed by atoms with van der Waals surface area (Å²) in [6.45, 7) is 2.63. The summed E-state index contributed by atoms with van der Waals surface area (Å²) in [6, 6.07) is 49.0. The van der Waals surface area contributed by atoms with Crippen molar-refractivity contribution >= 4 is 32.6 Å². The van der Waals surface area contributed by atoms with Crippen molar-refractivity contribution in [3.63, 3.8) is 0 Å². The predicted molar refractivity (Wildman–Crippen MR) is 212 cm³/mol. The first kappa shape index (κ1) is 29.0. The number of benzene rings is 6.